The summed E-state index contributed by atoms with van der Waals surface area (Å²) in [6.07, 6.45) is 2.24. The van der Waals surface area contributed by atoms with Crippen LogP contribution in [0.4, 0.5) is 0 Å². The molecular formula is C11H25NO. The van der Waals surface area contributed by atoms with Crippen molar-refractivity contribution in [2.75, 3.05) is 13.6 Å². The van der Waals surface area contributed by atoms with Gasteiger partial charge in [0.15, 0.2) is 0 Å². The third-order valence-electron chi connectivity index (χ3n) is 1.99. The Balaban J connectivity index is 0. The molecule has 0 unspecified atom stereocenters. The quantitative estimate of drug-likeness (QED) is 0.629. The summed E-state index contributed by atoms with van der Waals surface area (Å²) in [7, 11) is 2.01. The average Bonchev–Trinajstić information content (AvgIpc) is 2.58. The van der Waals surface area contributed by atoms with Crippen molar-refractivity contribution in [2.45, 2.75) is 53.5 Å². The van der Waals surface area contributed by atoms with Gasteiger partial charge in [-0.1, -0.05) is 27.7 Å². The number of rotatable bonds is 1. The van der Waals surface area contributed by atoms with E-state index in [2.05, 4.69) is 4.90 Å². The van der Waals surface area contributed by atoms with Gasteiger partial charge in [0.05, 0.1) is 6.04 Å². The normalized spacial score (nSPS) is 20.9. The zero-order chi connectivity index (χ0) is 10.9. The van der Waals surface area contributed by atoms with Gasteiger partial charge >= 0.3 is 0 Å². The number of ketones is 1. The number of hydrogen-bond acceptors (Lipinski definition) is 2. The molecule has 0 spiro atoms. The van der Waals surface area contributed by atoms with Gasteiger partial charge in [-0.05, 0) is 33.4 Å². The van der Waals surface area contributed by atoms with Crippen LogP contribution in [0.5, 0.6) is 0 Å². The monoisotopic (exact) mass is 187 g/mol. The molecule has 1 saturated heterocycles. The number of likely N-dealkylation sites (N-methyl/N-ethyl adjacent to an activating group) is 1. The summed E-state index contributed by atoms with van der Waals surface area (Å²) in [5, 5.41) is 0. The van der Waals surface area contributed by atoms with E-state index in [0.717, 1.165) is 13.0 Å². The first kappa shape index (κ1) is 15.1. The van der Waals surface area contributed by atoms with Crippen molar-refractivity contribution in [3.63, 3.8) is 0 Å². The number of likely N-dealkylation sites (tertiary alicyclic amines) is 1. The zero-order valence-corrected chi connectivity index (χ0v) is 10.1. The summed E-state index contributed by atoms with van der Waals surface area (Å²) in [4.78, 5) is 12.9. The number of hydrogen-bond donors (Lipinski definition) is 0. The second-order valence-electron chi connectivity index (χ2n) is 2.75. The van der Waals surface area contributed by atoms with Gasteiger partial charge in [-0.25, -0.2) is 0 Å². The summed E-state index contributed by atoms with van der Waals surface area (Å²) in [6.45, 7) is 10.8. The Hall–Kier alpha value is -0.370. The molecule has 1 aliphatic heterocycles. The van der Waals surface area contributed by atoms with E-state index >= 15 is 0 Å². The van der Waals surface area contributed by atoms with Gasteiger partial charge in [-0.15, -0.1) is 0 Å². The summed E-state index contributed by atoms with van der Waals surface area (Å²) in [6, 6.07) is 0.227. The lowest BCUT2D eigenvalue weighted by Gasteiger charge is -2.14. The van der Waals surface area contributed by atoms with Gasteiger partial charge in [0.1, 0.15) is 5.78 Å². The van der Waals surface area contributed by atoms with E-state index in [1.807, 2.05) is 34.7 Å². The molecule has 0 N–H and O–H groups in total. The van der Waals surface area contributed by atoms with Crippen molar-refractivity contribution in [1.29, 1.82) is 0 Å². The lowest BCUT2D eigenvalue weighted by Crippen LogP contribution is -2.30. The van der Waals surface area contributed by atoms with Gasteiger partial charge in [-0.3, -0.25) is 9.69 Å². The number of carbonyl (C=O) groups excluding carboxylic acids is 1. The fourth-order valence-electron chi connectivity index (χ4n) is 1.42. The molecular weight excluding hydrogens is 162 g/mol. The Morgan fingerprint density at radius 1 is 1.23 bits per heavy atom. The maximum Gasteiger partial charge on any atom is 0.146 e. The molecule has 13 heavy (non-hydrogen) atoms. The molecule has 0 aromatic heterocycles. The maximum atomic E-state index is 10.8. The van der Waals surface area contributed by atoms with Crippen molar-refractivity contribution in [2.24, 2.45) is 0 Å². The fraction of sp³-hybridized carbons (Fsp3) is 0.909. The smallest absolute Gasteiger partial charge is 0.146 e. The van der Waals surface area contributed by atoms with E-state index in [4.69, 9.17) is 0 Å². The van der Waals surface area contributed by atoms with Gasteiger partial charge in [0.2, 0.25) is 0 Å². The highest BCUT2D eigenvalue weighted by molar-refractivity contribution is 5.81. The first-order valence-corrected chi connectivity index (χ1v) is 5.42. The molecule has 0 aromatic carbocycles. The number of carbonyl (C=O) groups is 1. The summed E-state index contributed by atoms with van der Waals surface area (Å²) < 4.78 is 0. The Morgan fingerprint density at radius 2 is 1.69 bits per heavy atom. The second kappa shape index (κ2) is 9.72. The van der Waals surface area contributed by atoms with E-state index in [9.17, 15) is 4.79 Å². The maximum absolute atomic E-state index is 10.8. The van der Waals surface area contributed by atoms with Crippen molar-refractivity contribution >= 4 is 5.78 Å². The number of nitrogens with zero attached hydrogens (tertiary/aromatic N) is 1. The van der Waals surface area contributed by atoms with E-state index in [-0.39, 0.29) is 6.04 Å². The molecule has 1 heterocycles. The summed E-state index contributed by atoms with van der Waals surface area (Å²) in [5.41, 5.74) is 0. The van der Waals surface area contributed by atoms with E-state index in [1.165, 1.54) is 6.42 Å². The SMILES string of the molecule is CC.CC.CC(=O)[C@@H]1CCCN1C. The highest BCUT2D eigenvalue weighted by Crippen LogP contribution is 2.14. The fourth-order valence-corrected chi connectivity index (χ4v) is 1.42. The van der Waals surface area contributed by atoms with Crippen LogP contribution in [0, 0.1) is 0 Å². The second-order valence-corrected chi connectivity index (χ2v) is 2.75. The average molecular weight is 187 g/mol. The molecule has 1 rings (SSSR count). The first-order chi connectivity index (χ1) is 6.22. The largest absolute Gasteiger partial charge is 0.298 e. The molecule has 0 aromatic rings. The Kier molecular flexibility index (Phi) is 11.3. The zero-order valence-electron chi connectivity index (χ0n) is 10.1. The Labute approximate surface area is 83.3 Å². The molecule has 2 heteroatoms. The standard InChI is InChI=1S/C7H13NO.2C2H6/c1-6(9)7-4-3-5-8(7)2;2*1-2/h7H,3-5H2,1-2H3;2*1-2H3/t7-;;/m0../s1. The van der Waals surface area contributed by atoms with Crippen LogP contribution in [-0.4, -0.2) is 30.3 Å². The van der Waals surface area contributed by atoms with Crippen LogP contribution < -0.4 is 0 Å². The highest BCUT2D eigenvalue weighted by atomic mass is 16.1. The number of Topliss-reactive ketones (excluding diaryl/α,β-unsaturated/α-hetero) is 1. The van der Waals surface area contributed by atoms with Gasteiger partial charge < -0.3 is 0 Å². The topological polar surface area (TPSA) is 20.3 Å². The van der Waals surface area contributed by atoms with Gasteiger partial charge in [-0.2, -0.15) is 0 Å². The van der Waals surface area contributed by atoms with Crippen molar-refractivity contribution in [1.82, 2.24) is 4.90 Å². The minimum Gasteiger partial charge on any atom is -0.298 e. The molecule has 1 atom stereocenters. The molecule has 2 nitrogen and oxygen atoms in total. The van der Waals surface area contributed by atoms with Crippen LogP contribution in [-0.2, 0) is 4.79 Å². The van der Waals surface area contributed by atoms with Crippen LogP contribution in [0.1, 0.15) is 47.5 Å². The predicted molar refractivity (Wildman–Crippen MR) is 59.0 cm³/mol. The Morgan fingerprint density at radius 3 is 1.85 bits per heavy atom. The van der Waals surface area contributed by atoms with E-state index in [0.29, 0.717) is 5.78 Å². The van der Waals surface area contributed by atoms with Crippen LogP contribution in [0.2, 0.25) is 0 Å². The van der Waals surface area contributed by atoms with Crippen LogP contribution in [0.15, 0.2) is 0 Å². The highest BCUT2D eigenvalue weighted by Gasteiger charge is 2.23. The molecule has 1 aliphatic rings. The molecule has 0 radical (unpaired) electrons. The molecule has 0 amide bonds. The van der Waals surface area contributed by atoms with E-state index in [1.54, 1.807) is 6.92 Å². The molecule has 0 saturated carbocycles. The third kappa shape index (κ3) is 5.81. The third-order valence-corrected chi connectivity index (χ3v) is 1.99. The van der Waals surface area contributed by atoms with E-state index < -0.39 is 0 Å². The summed E-state index contributed by atoms with van der Waals surface area (Å²) >= 11 is 0. The predicted octanol–water partition coefficient (Wildman–Crippen LogP) is 2.72. The molecule has 80 valence electrons. The van der Waals surface area contributed by atoms with Gasteiger partial charge in [0.25, 0.3) is 0 Å². The molecule has 0 aliphatic carbocycles. The minimum atomic E-state index is 0.227. The Bertz CT molecular complexity index is 123. The lowest BCUT2D eigenvalue weighted by molar-refractivity contribution is -0.120. The van der Waals surface area contributed by atoms with Gasteiger partial charge in [0, 0.05) is 0 Å². The van der Waals surface area contributed by atoms with Crippen LogP contribution in [0.25, 0.3) is 0 Å². The van der Waals surface area contributed by atoms with Crippen LogP contribution >= 0.6 is 0 Å². The first-order valence-electron chi connectivity index (χ1n) is 5.42. The van der Waals surface area contributed by atoms with Crippen molar-refractivity contribution in [3.8, 4) is 0 Å². The molecule has 0 bridgehead atoms. The van der Waals surface area contributed by atoms with Crippen molar-refractivity contribution < 1.29 is 4.79 Å². The summed E-state index contributed by atoms with van der Waals surface area (Å²) in [5.74, 6) is 0.315. The van der Waals surface area contributed by atoms with Crippen molar-refractivity contribution in [3.05, 3.63) is 0 Å². The minimum absolute atomic E-state index is 0.227. The van der Waals surface area contributed by atoms with Crippen LogP contribution in [0.3, 0.4) is 0 Å². The molecule has 1 fully saturated rings. The lowest BCUT2D eigenvalue weighted by atomic mass is 10.1.